The predicted molar refractivity (Wildman–Crippen MR) is 69.7 cm³/mol. The fourth-order valence-electron chi connectivity index (χ4n) is 1.09. The number of nitrogens with zero attached hydrogens (tertiary/aromatic N) is 2. The largest absolute Gasteiger partial charge is 0.368 e. The first kappa shape index (κ1) is 11.7. The summed E-state index contributed by atoms with van der Waals surface area (Å²) in [5.41, 5.74) is 5.51. The third-order valence-electron chi connectivity index (χ3n) is 1.72. The summed E-state index contributed by atoms with van der Waals surface area (Å²) in [5.74, 6) is 0.187. The summed E-state index contributed by atoms with van der Waals surface area (Å²) in [6.45, 7) is 0. The van der Waals surface area contributed by atoms with E-state index >= 15 is 0 Å². The summed E-state index contributed by atoms with van der Waals surface area (Å²) in [7, 11) is 0. The first-order valence-electron chi connectivity index (χ1n) is 4.37. The highest BCUT2D eigenvalue weighted by Crippen LogP contribution is 2.28. The molecule has 0 amide bonds. The number of anilines is 1. The van der Waals surface area contributed by atoms with Gasteiger partial charge in [0, 0.05) is 15.4 Å². The van der Waals surface area contributed by atoms with Gasteiger partial charge in [0.1, 0.15) is 10.2 Å². The third kappa shape index (κ3) is 3.10. The van der Waals surface area contributed by atoms with Crippen molar-refractivity contribution in [1.29, 1.82) is 0 Å². The van der Waals surface area contributed by atoms with Gasteiger partial charge in [-0.1, -0.05) is 39.3 Å². The Morgan fingerprint density at radius 2 is 1.88 bits per heavy atom. The number of rotatable bonds is 2. The number of halogens is 2. The highest BCUT2D eigenvalue weighted by atomic mass is 79.9. The van der Waals surface area contributed by atoms with Gasteiger partial charge in [-0.3, -0.25) is 0 Å². The van der Waals surface area contributed by atoms with Crippen molar-refractivity contribution in [2.75, 3.05) is 5.73 Å². The maximum absolute atomic E-state index is 5.79. The topological polar surface area (TPSA) is 51.8 Å². The molecule has 0 spiro atoms. The number of benzene rings is 1. The van der Waals surface area contributed by atoms with E-state index in [0.29, 0.717) is 5.15 Å². The van der Waals surface area contributed by atoms with Crippen molar-refractivity contribution >= 4 is 45.2 Å². The summed E-state index contributed by atoms with van der Waals surface area (Å²) >= 11 is 10.7. The molecule has 0 atom stereocenters. The minimum absolute atomic E-state index is 0.187. The van der Waals surface area contributed by atoms with E-state index in [-0.39, 0.29) is 5.95 Å². The zero-order valence-electron chi connectivity index (χ0n) is 8.02. The maximum Gasteiger partial charge on any atom is 0.222 e. The smallest absolute Gasteiger partial charge is 0.222 e. The lowest BCUT2D eigenvalue weighted by Crippen LogP contribution is -1.95. The molecule has 6 heteroatoms. The summed E-state index contributed by atoms with van der Waals surface area (Å²) in [4.78, 5) is 8.95. The van der Waals surface area contributed by atoms with Gasteiger partial charge < -0.3 is 5.73 Å². The van der Waals surface area contributed by atoms with Crippen molar-refractivity contribution in [1.82, 2.24) is 9.97 Å². The third-order valence-corrected chi connectivity index (χ3v) is 3.37. The van der Waals surface area contributed by atoms with Crippen molar-refractivity contribution in [3.05, 3.63) is 40.0 Å². The molecule has 0 aliphatic heterocycles. The lowest BCUT2D eigenvalue weighted by Gasteiger charge is -2.02. The van der Waals surface area contributed by atoms with Crippen molar-refractivity contribution in [3.63, 3.8) is 0 Å². The van der Waals surface area contributed by atoms with E-state index in [2.05, 4.69) is 25.9 Å². The molecule has 0 saturated heterocycles. The molecule has 2 rings (SSSR count). The lowest BCUT2D eigenvalue weighted by molar-refractivity contribution is 1.06. The van der Waals surface area contributed by atoms with E-state index in [1.807, 2.05) is 24.3 Å². The second kappa shape index (κ2) is 5.03. The monoisotopic (exact) mass is 315 g/mol. The van der Waals surface area contributed by atoms with Crippen LogP contribution in [0.2, 0.25) is 5.15 Å². The maximum atomic E-state index is 5.79. The SMILES string of the molecule is Nc1nc(Cl)cc(Sc2ccc(Br)cc2)n1. The number of hydrogen-bond acceptors (Lipinski definition) is 4. The van der Waals surface area contributed by atoms with E-state index in [1.165, 1.54) is 11.8 Å². The van der Waals surface area contributed by atoms with Gasteiger partial charge in [0.15, 0.2) is 0 Å². The zero-order valence-corrected chi connectivity index (χ0v) is 11.2. The van der Waals surface area contributed by atoms with Crippen molar-refractivity contribution in [2.24, 2.45) is 0 Å². The van der Waals surface area contributed by atoms with Crippen molar-refractivity contribution < 1.29 is 0 Å². The van der Waals surface area contributed by atoms with E-state index in [1.54, 1.807) is 6.07 Å². The second-order valence-electron chi connectivity index (χ2n) is 2.94. The average molecular weight is 317 g/mol. The Kier molecular flexibility index (Phi) is 3.68. The molecule has 3 nitrogen and oxygen atoms in total. The van der Waals surface area contributed by atoms with Gasteiger partial charge in [-0.05, 0) is 24.3 Å². The summed E-state index contributed by atoms with van der Waals surface area (Å²) < 4.78 is 1.04. The Morgan fingerprint density at radius 1 is 1.19 bits per heavy atom. The van der Waals surface area contributed by atoms with Crippen LogP contribution >= 0.6 is 39.3 Å². The molecule has 0 aliphatic rings. The molecular formula is C10H7BrClN3S. The Labute approximate surface area is 111 Å². The molecule has 0 fully saturated rings. The van der Waals surface area contributed by atoms with Crippen LogP contribution in [-0.2, 0) is 0 Å². The van der Waals surface area contributed by atoms with Crippen LogP contribution in [0, 0.1) is 0 Å². The van der Waals surface area contributed by atoms with Crippen molar-refractivity contribution in [2.45, 2.75) is 9.92 Å². The Bertz CT molecular complexity index is 484. The molecule has 0 unspecified atom stereocenters. The second-order valence-corrected chi connectivity index (χ2v) is 5.34. The minimum atomic E-state index is 0.187. The standard InChI is InChI=1S/C10H7BrClN3S/c11-6-1-3-7(4-2-6)16-9-5-8(12)14-10(13)15-9/h1-5H,(H2,13,14,15). The fraction of sp³-hybridized carbons (Fsp3) is 0. The van der Waals surface area contributed by atoms with Crippen LogP contribution in [-0.4, -0.2) is 9.97 Å². The lowest BCUT2D eigenvalue weighted by atomic mass is 10.4. The first-order valence-corrected chi connectivity index (χ1v) is 6.36. The van der Waals surface area contributed by atoms with Crippen LogP contribution in [0.5, 0.6) is 0 Å². The molecule has 0 radical (unpaired) electrons. The number of nitrogens with two attached hydrogens (primary N) is 1. The minimum Gasteiger partial charge on any atom is -0.368 e. The number of aromatic nitrogens is 2. The average Bonchev–Trinajstić information content (AvgIpc) is 2.20. The molecule has 16 heavy (non-hydrogen) atoms. The van der Waals surface area contributed by atoms with Gasteiger partial charge in [0.2, 0.25) is 5.95 Å². The molecule has 82 valence electrons. The van der Waals surface area contributed by atoms with E-state index in [9.17, 15) is 0 Å². The molecule has 2 aromatic rings. The predicted octanol–water partition coefficient (Wildman–Crippen LogP) is 3.63. The summed E-state index contributed by atoms with van der Waals surface area (Å²) in [5, 5.41) is 1.09. The number of hydrogen-bond donors (Lipinski definition) is 1. The van der Waals surface area contributed by atoms with Gasteiger partial charge in [0.25, 0.3) is 0 Å². The summed E-state index contributed by atoms with van der Waals surface area (Å²) in [6.07, 6.45) is 0. The van der Waals surface area contributed by atoms with Gasteiger partial charge in [-0.15, -0.1) is 0 Å². The normalized spacial score (nSPS) is 10.4. The van der Waals surface area contributed by atoms with Crippen LogP contribution in [0.25, 0.3) is 0 Å². The molecular weight excluding hydrogens is 310 g/mol. The summed E-state index contributed by atoms with van der Waals surface area (Å²) in [6, 6.07) is 9.59. The van der Waals surface area contributed by atoms with Crippen LogP contribution in [0.4, 0.5) is 5.95 Å². The molecule has 0 aliphatic carbocycles. The van der Waals surface area contributed by atoms with Gasteiger partial charge in [0.05, 0.1) is 0 Å². The highest BCUT2D eigenvalue weighted by molar-refractivity contribution is 9.10. The van der Waals surface area contributed by atoms with E-state index < -0.39 is 0 Å². The zero-order chi connectivity index (χ0) is 11.5. The fourth-order valence-corrected chi connectivity index (χ4v) is 2.43. The van der Waals surface area contributed by atoms with Crippen LogP contribution in [0.3, 0.4) is 0 Å². The van der Waals surface area contributed by atoms with E-state index in [0.717, 1.165) is 14.4 Å². The molecule has 1 aromatic carbocycles. The molecule has 0 bridgehead atoms. The van der Waals surface area contributed by atoms with Gasteiger partial charge >= 0.3 is 0 Å². The van der Waals surface area contributed by atoms with Crippen molar-refractivity contribution in [3.8, 4) is 0 Å². The molecule has 1 heterocycles. The van der Waals surface area contributed by atoms with Gasteiger partial charge in [-0.2, -0.15) is 0 Å². The number of nitrogen functional groups attached to an aromatic ring is 1. The Balaban J connectivity index is 2.23. The van der Waals surface area contributed by atoms with Gasteiger partial charge in [-0.25, -0.2) is 9.97 Å². The van der Waals surface area contributed by atoms with Crippen LogP contribution in [0.15, 0.2) is 44.7 Å². The van der Waals surface area contributed by atoms with Crippen LogP contribution in [0.1, 0.15) is 0 Å². The van der Waals surface area contributed by atoms with E-state index in [4.69, 9.17) is 17.3 Å². The molecule has 2 N–H and O–H groups in total. The Hall–Kier alpha value is -0.780. The molecule has 1 aromatic heterocycles. The Morgan fingerprint density at radius 3 is 2.50 bits per heavy atom. The quantitative estimate of drug-likeness (QED) is 0.860. The first-order chi connectivity index (χ1) is 7.63. The molecule has 0 saturated carbocycles. The highest BCUT2D eigenvalue weighted by Gasteiger charge is 2.02. The van der Waals surface area contributed by atoms with Crippen LogP contribution < -0.4 is 5.73 Å².